The lowest BCUT2D eigenvalue weighted by molar-refractivity contribution is 0.0932. The molecule has 1 saturated carbocycles. The number of benzene rings is 2. The lowest BCUT2D eigenvalue weighted by Gasteiger charge is -2.35. The number of halogens is 1. The smallest absolute Gasteiger partial charge is 0.410 e. The Bertz CT molecular complexity index is 1150. The summed E-state index contributed by atoms with van der Waals surface area (Å²) in [5, 5.41) is 5.46. The van der Waals surface area contributed by atoms with Crippen molar-refractivity contribution in [2.75, 3.05) is 26.3 Å². The molecule has 0 saturated heterocycles. The predicted molar refractivity (Wildman–Crippen MR) is 139 cm³/mol. The van der Waals surface area contributed by atoms with E-state index in [9.17, 15) is 4.79 Å². The average molecular weight is 496 g/mol. The molecule has 1 aliphatic carbocycles. The van der Waals surface area contributed by atoms with Crippen molar-refractivity contribution in [2.24, 2.45) is 0 Å². The Balaban J connectivity index is 1.32. The predicted octanol–water partition coefficient (Wildman–Crippen LogP) is 6.23. The lowest BCUT2D eigenvalue weighted by atomic mass is 9.92. The first kappa shape index (κ1) is 24.0. The third-order valence-corrected chi connectivity index (χ3v) is 7.40. The van der Waals surface area contributed by atoms with Gasteiger partial charge >= 0.3 is 6.09 Å². The number of fused-ring (bicyclic) bond motifs is 3. The van der Waals surface area contributed by atoms with Gasteiger partial charge in [0.05, 0.1) is 13.2 Å². The van der Waals surface area contributed by atoms with Crippen LogP contribution in [0.3, 0.4) is 0 Å². The summed E-state index contributed by atoms with van der Waals surface area (Å²) in [4.78, 5) is 18.2. The number of nitrogens with one attached hydrogen (secondary N) is 2. The monoisotopic (exact) mass is 495 g/mol. The zero-order chi connectivity index (χ0) is 24.2. The van der Waals surface area contributed by atoms with Crippen LogP contribution in [0.1, 0.15) is 61.9 Å². The quantitative estimate of drug-likeness (QED) is 0.364. The summed E-state index contributed by atoms with van der Waals surface area (Å²) in [5.74, 6) is 0.844. The molecule has 0 bridgehead atoms. The van der Waals surface area contributed by atoms with E-state index in [-0.39, 0.29) is 12.1 Å². The molecule has 1 aliphatic heterocycles. The molecule has 2 aromatic carbocycles. The number of hydrogen-bond donors (Lipinski definition) is 2. The molecular weight excluding hydrogens is 462 g/mol. The number of aromatic amines is 1. The normalized spacial score (nSPS) is 18.1. The van der Waals surface area contributed by atoms with Gasteiger partial charge in [0, 0.05) is 34.2 Å². The molecule has 3 aromatic rings. The molecule has 0 unspecified atom stereocenters. The van der Waals surface area contributed by atoms with Crippen LogP contribution in [0, 0.1) is 0 Å². The van der Waals surface area contributed by atoms with Crippen molar-refractivity contribution < 1.29 is 14.3 Å². The molecule has 2 aliphatic rings. The van der Waals surface area contributed by atoms with Gasteiger partial charge in [-0.15, -0.1) is 0 Å². The van der Waals surface area contributed by atoms with E-state index in [2.05, 4.69) is 22.4 Å². The van der Waals surface area contributed by atoms with Crippen LogP contribution in [-0.2, 0) is 11.2 Å². The van der Waals surface area contributed by atoms with Gasteiger partial charge in [0.25, 0.3) is 0 Å². The molecule has 0 spiro atoms. The largest absolute Gasteiger partial charge is 0.494 e. The van der Waals surface area contributed by atoms with E-state index >= 15 is 0 Å². The molecule has 35 heavy (non-hydrogen) atoms. The minimum Gasteiger partial charge on any atom is -0.494 e. The SMILES string of the molecule is CCOC(=O)N1CCc2c([nH]c3ccc(Cl)cc23)[C@@H]1c1ccc(OCCCNC2CCCC2)cc1. The van der Waals surface area contributed by atoms with Crippen molar-refractivity contribution in [3.8, 4) is 5.75 Å². The highest BCUT2D eigenvalue weighted by atomic mass is 35.5. The molecule has 186 valence electrons. The summed E-state index contributed by atoms with van der Waals surface area (Å²) in [6.07, 6.45) is 6.75. The summed E-state index contributed by atoms with van der Waals surface area (Å²) in [6.45, 7) is 4.45. The highest BCUT2D eigenvalue weighted by Gasteiger charge is 2.35. The standard InChI is InChI=1S/C28H34ClN3O3/c1-2-34-28(33)32-16-14-23-24-18-20(29)10-13-25(24)31-26(23)27(32)19-8-11-22(12-9-19)35-17-5-15-30-21-6-3-4-7-21/h8-13,18,21,27,30-31H,2-7,14-17H2,1H3/t27-/m0/s1. The Kier molecular flexibility index (Phi) is 7.49. The molecule has 1 fully saturated rings. The first-order valence-corrected chi connectivity index (χ1v) is 13.2. The molecule has 5 rings (SSSR count). The number of aromatic nitrogens is 1. The first-order chi connectivity index (χ1) is 17.1. The second-order valence-corrected chi connectivity index (χ2v) is 9.89. The lowest BCUT2D eigenvalue weighted by Crippen LogP contribution is -2.40. The van der Waals surface area contributed by atoms with Crippen LogP contribution in [0.25, 0.3) is 10.9 Å². The molecular formula is C28H34ClN3O3. The Morgan fingerprint density at radius 3 is 2.74 bits per heavy atom. The van der Waals surface area contributed by atoms with E-state index in [4.69, 9.17) is 21.1 Å². The van der Waals surface area contributed by atoms with Crippen LogP contribution in [0.2, 0.25) is 5.02 Å². The van der Waals surface area contributed by atoms with E-state index in [1.807, 2.05) is 42.2 Å². The fourth-order valence-corrected chi connectivity index (χ4v) is 5.63. The first-order valence-electron chi connectivity index (χ1n) is 12.8. The topological polar surface area (TPSA) is 66.6 Å². The van der Waals surface area contributed by atoms with Gasteiger partial charge in [0.2, 0.25) is 0 Å². The fraction of sp³-hybridized carbons (Fsp3) is 0.464. The average Bonchev–Trinajstić information content (AvgIpc) is 3.51. The third-order valence-electron chi connectivity index (χ3n) is 7.17. The Labute approximate surface area is 211 Å². The van der Waals surface area contributed by atoms with Gasteiger partial charge in [-0.1, -0.05) is 36.6 Å². The van der Waals surface area contributed by atoms with E-state index in [1.165, 1.54) is 31.2 Å². The van der Waals surface area contributed by atoms with Crippen molar-refractivity contribution in [2.45, 2.75) is 57.5 Å². The van der Waals surface area contributed by atoms with Crippen LogP contribution in [0.5, 0.6) is 5.75 Å². The second kappa shape index (κ2) is 10.9. The Morgan fingerprint density at radius 2 is 1.97 bits per heavy atom. The number of ether oxygens (including phenoxy) is 2. The van der Waals surface area contributed by atoms with Gasteiger partial charge in [0.15, 0.2) is 0 Å². The maximum Gasteiger partial charge on any atom is 0.410 e. The summed E-state index contributed by atoms with van der Waals surface area (Å²) >= 11 is 6.29. The molecule has 0 radical (unpaired) electrons. The number of carbonyl (C=O) groups excluding carboxylic acids is 1. The van der Waals surface area contributed by atoms with Crippen molar-refractivity contribution in [1.29, 1.82) is 0 Å². The fourth-order valence-electron chi connectivity index (χ4n) is 5.46. The van der Waals surface area contributed by atoms with Crippen LogP contribution in [0.4, 0.5) is 4.79 Å². The summed E-state index contributed by atoms with van der Waals surface area (Å²) in [7, 11) is 0. The van der Waals surface area contributed by atoms with Crippen LogP contribution < -0.4 is 10.1 Å². The zero-order valence-electron chi connectivity index (χ0n) is 20.3. The van der Waals surface area contributed by atoms with Crippen molar-refractivity contribution in [1.82, 2.24) is 15.2 Å². The second-order valence-electron chi connectivity index (χ2n) is 9.46. The maximum absolute atomic E-state index is 12.9. The summed E-state index contributed by atoms with van der Waals surface area (Å²) in [6, 6.07) is 14.4. The zero-order valence-corrected chi connectivity index (χ0v) is 21.1. The Hall–Kier alpha value is -2.70. The number of carbonyl (C=O) groups is 1. The van der Waals surface area contributed by atoms with E-state index < -0.39 is 0 Å². The van der Waals surface area contributed by atoms with E-state index in [1.54, 1.807) is 0 Å². The number of nitrogens with zero attached hydrogens (tertiary/aromatic N) is 1. The molecule has 2 N–H and O–H groups in total. The van der Waals surface area contributed by atoms with Crippen LogP contribution in [-0.4, -0.2) is 48.3 Å². The van der Waals surface area contributed by atoms with Gasteiger partial charge in [-0.2, -0.15) is 0 Å². The van der Waals surface area contributed by atoms with Gasteiger partial charge in [0.1, 0.15) is 11.8 Å². The van der Waals surface area contributed by atoms with Gasteiger partial charge in [-0.05, 0) is 80.6 Å². The van der Waals surface area contributed by atoms with Crippen molar-refractivity contribution in [3.63, 3.8) is 0 Å². The Morgan fingerprint density at radius 1 is 1.17 bits per heavy atom. The third kappa shape index (κ3) is 5.29. The molecule has 6 nitrogen and oxygen atoms in total. The molecule has 1 amide bonds. The number of hydrogen-bond acceptors (Lipinski definition) is 4. The van der Waals surface area contributed by atoms with E-state index in [0.717, 1.165) is 47.3 Å². The minimum atomic E-state index is -0.296. The van der Waals surface area contributed by atoms with Crippen molar-refractivity contribution >= 4 is 28.6 Å². The number of rotatable bonds is 8. The highest BCUT2D eigenvalue weighted by molar-refractivity contribution is 6.31. The molecule has 1 aromatic heterocycles. The molecule has 7 heteroatoms. The number of H-pyrrole nitrogens is 1. The molecule has 2 heterocycles. The van der Waals surface area contributed by atoms with Crippen LogP contribution in [0.15, 0.2) is 42.5 Å². The van der Waals surface area contributed by atoms with Gasteiger partial charge in [-0.25, -0.2) is 4.79 Å². The summed E-state index contributed by atoms with van der Waals surface area (Å²) < 4.78 is 11.4. The van der Waals surface area contributed by atoms with E-state index in [0.29, 0.717) is 30.8 Å². The maximum atomic E-state index is 12.9. The van der Waals surface area contributed by atoms with Crippen molar-refractivity contribution in [3.05, 3.63) is 64.3 Å². The van der Waals surface area contributed by atoms with Gasteiger partial charge < -0.3 is 19.8 Å². The van der Waals surface area contributed by atoms with Crippen LogP contribution >= 0.6 is 11.6 Å². The minimum absolute atomic E-state index is 0.256. The number of amides is 1. The van der Waals surface area contributed by atoms with Gasteiger partial charge in [-0.3, -0.25) is 4.90 Å². The highest BCUT2D eigenvalue weighted by Crippen LogP contribution is 2.39. The summed E-state index contributed by atoms with van der Waals surface area (Å²) in [5.41, 5.74) is 4.28. The molecule has 1 atom stereocenters.